The summed E-state index contributed by atoms with van der Waals surface area (Å²) in [4.78, 5) is 8.89. The van der Waals surface area contributed by atoms with Gasteiger partial charge in [0.1, 0.15) is 11.5 Å². The maximum absolute atomic E-state index is 5.93. The lowest BCUT2D eigenvalue weighted by Crippen LogP contribution is -2.08. The third-order valence-corrected chi connectivity index (χ3v) is 3.60. The molecule has 5 nitrogen and oxygen atoms in total. The maximum atomic E-state index is 5.93. The van der Waals surface area contributed by atoms with E-state index in [-0.39, 0.29) is 0 Å². The van der Waals surface area contributed by atoms with Crippen molar-refractivity contribution in [1.29, 1.82) is 0 Å². The van der Waals surface area contributed by atoms with Gasteiger partial charge >= 0.3 is 0 Å². The van der Waals surface area contributed by atoms with E-state index in [4.69, 9.17) is 5.73 Å². The van der Waals surface area contributed by atoms with Gasteiger partial charge in [0.15, 0.2) is 5.82 Å². The summed E-state index contributed by atoms with van der Waals surface area (Å²) in [5.74, 6) is 1.48. The molecule has 2 N–H and O–H groups in total. The zero-order chi connectivity index (χ0) is 12.6. The topological polar surface area (TPSA) is 69.6 Å². The second-order valence-electron chi connectivity index (χ2n) is 4.13. The SMILES string of the molecule is CC(C)c1nc(-c2ccnn2C)nc(N)c1I. The van der Waals surface area contributed by atoms with Crippen LogP contribution in [0.4, 0.5) is 5.82 Å². The first-order chi connectivity index (χ1) is 8.00. The Labute approximate surface area is 114 Å². The fourth-order valence-corrected chi connectivity index (χ4v) is 2.44. The van der Waals surface area contributed by atoms with Crippen LogP contribution in [0.1, 0.15) is 25.5 Å². The van der Waals surface area contributed by atoms with Gasteiger partial charge < -0.3 is 5.73 Å². The molecule has 17 heavy (non-hydrogen) atoms. The van der Waals surface area contributed by atoms with Crippen molar-refractivity contribution in [3.63, 3.8) is 0 Å². The highest BCUT2D eigenvalue weighted by molar-refractivity contribution is 14.1. The maximum Gasteiger partial charge on any atom is 0.180 e. The number of aryl methyl sites for hydroxylation is 1. The van der Waals surface area contributed by atoms with E-state index in [2.05, 4.69) is 51.5 Å². The van der Waals surface area contributed by atoms with Crippen LogP contribution in [0.15, 0.2) is 12.3 Å². The quantitative estimate of drug-likeness (QED) is 0.849. The third-order valence-electron chi connectivity index (χ3n) is 2.50. The van der Waals surface area contributed by atoms with Gasteiger partial charge in [-0.3, -0.25) is 4.68 Å². The largest absolute Gasteiger partial charge is 0.383 e. The van der Waals surface area contributed by atoms with Gasteiger partial charge in [-0.15, -0.1) is 0 Å². The fraction of sp³-hybridized carbons (Fsp3) is 0.364. The van der Waals surface area contributed by atoms with E-state index in [1.165, 1.54) is 0 Å². The number of nitrogen functional groups attached to an aromatic ring is 1. The summed E-state index contributed by atoms with van der Waals surface area (Å²) in [7, 11) is 1.86. The highest BCUT2D eigenvalue weighted by Crippen LogP contribution is 2.26. The molecule has 2 heterocycles. The lowest BCUT2D eigenvalue weighted by Gasteiger charge is -2.11. The summed E-state index contributed by atoms with van der Waals surface area (Å²) >= 11 is 2.19. The molecule has 0 saturated heterocycles. The Morgan fingerprint density at radius 2 is 2.06 bits per heavy atom. The van der Waals surface area contributed by atoms with Gasteiger partial charge in [0.25, 0.3) is 0 Å². The smallest absolute Gasteiger partial charge is 0.180 e. The summed E-state index contributed by atoms with van der Waals surface area (Å²) in [5, 5.41) is 4.11. The van der Waals surface area contributed by atoms with Gasteiger partial charge in [0.05, 0.1) is 9.26 Å². The van der Waals surface area contributed by atoms with Gasteiger partial charge in [-0.2, -0.15) is 5.10 Å². The van der Waals surface area contributed by atoms with Gasteiger partial charge in [0, 0.05) is 13.2 Å². The number of anilines is 1. The minimum Gasteiger partial charge on any atom is -0.383 e. The predicted molar refractivity (Wildman–Crippen MR) is 75.5 cm³/mol. The van der Waals surface area contributed by atoms with Crippen LogP contribution in [0.2, 0.25) is 0 Å². The summed E-state index contributed by atoms with van der Waals surface area (Å²) in [6.07, 6.45) is 1.72. The van der Waals surface area contributed by atoms with Crippen LogP contribution in [0, 0.1) is 3.57 Å². The van der Waals surface area contributed by atoms with Gasteiger partial charge in [0.2, 0.25) is 0 Å². The molecule has 0 unspecified atom stereocenters. The molecule has 0 spiro atoms. The molecule has 0 aliphatic heterocycles. The van der Waals surface area contributed by atoms with Crippen LogP contribution in [-0.2, 0) is 7.05 Å². The number of nitrogens with two attached hydrogens (primary N) is 1. The van der Waals surface area contributed by atoms with Crippen LogP contribution in [0.5, 0.6) is 0 Å². The molecule has 0 aliphatic rings. The number of hydrogen-bond donors (Lipinski definition) is 1. The van der Waals surface area contributed by atoms with Crippen LogP contribution >= 0.6 is 22.6 Å². The van der Waals surface area contributed by atoms with Gasteiger partial charge in [-0.05, 0) is 34.6 Å². The third kappa shape index (κ3) is 2.26. The monoisotopic (exact) mass is 343 g/mol. The number of hydrogen-bond acceptors (Lipinski definition) is 4. The summed E-state index contributed by atoms with van der Waals surface area (Å²) in [6.45, 7) is 4.19. The van der Waals surface area contributed by atoms with E-state index in [1.807, 2.05) is 13.1 Å². The molecule has 2 aromatic rings. The molecule has 0 saturated carbocycles. The molecule has 0 bridgehead atoms. The van der Waals surface area contributed by atoms with Crippen molar-refractivity contribution in [2.75, 3.05) is 5.73 Å². The summed E-state index contributed by atoms with van der Waals surface area (Å²) in [5.41, 5.74) is 7.78. The zero-order valence-corrected chi connectivity index (χ0v) is 12.1. The minimum absolute atomic E-state index is 0.319. The predicted octanol–water partition coefficient (Wildman–Crippen LogP) is 2.19. The van der Waals surface area contributed by atoms with E-state index >= 15 is 0 Å². The molecular weight excluding hydrogens is 329 g/mol. The second kappa shape index (κ2) is 4.59. The Kier molecular flexibility index (Phi) is 3.32. The van der Waals surface area contributed by atoms with Crippen molar-refractivity contribution in [3.8, 4) is 11.5 Å². The number of rotatable bonds is 2. The Bertz CT molecular complexity index is 547. The molecular formula is C11H14IN5. The molecule has 0 aliphatic carbocycles. The summed E-state index contributed by atoms with van der Waals surface area (Å²) < 4.78 is 2.68. The molecule has 2 rings (SSSR count). The molecule has 0 atom stereocenters. The van der Waals surface area contributed by atoms with E-state index in [1.54, 1.807) is 10.9 Å². The minimum atomic E-state index is 0.319. The van der Waals surface area contributed by atoms with E-state index in [9.17, 15) is 0 Å². The molecule has 0 radical (unpaired) electrons. The van der Waals surface area contributed by atoms with Crippen molar-refractivity contribution < 1.29 is 0 Å². The average molecular weight is 343 g/mol. The van der Waals surface area contributed by atoms with E-state index < -0.39 is 0 Å². The normalized spacial score (nSPS) is 11.1. The van der Waals surface area contributed by atoms with Crippen LogP contribution in [0.3, 0.4) is 0 Å². The van der Waals surface area contributed by atoms with Crippen LogP contribution in [-0.4, -0.2) is 19.7 Å². The fourth-order valence-electron chi connectivity index (χ4n) is 1.57. The standard InChI is InChI=1S/C11H14IN5/c1-6(2)9-8(12)10(13)16-11(15-9)7-4-5-14-17(7)3/h4-6H,1-3H3,(H2,13,15,16). The highest BCUT2D eigenvalue weighted by atomic mass is 127. The Hall–Kier alpha value is -1.18. The Morgan fingerprint density at radius 1 is 1.35 bits per heavy atom. The van der Waals surface area contributed by atoms with Crippen molar-refractivity contribution in [1.82, 2.24) is 19.7 Å². The molecule has 2 aromatic heterocycles. The molecule has 0 fully saturated rings. The van der Waals surface area contributed by atoms with Crippen molar-refractivity contribution >= 4 is 28.4 Å². The first-order valence-corrected chi connectivity index (χ1v) is 6.40. The van der Waals surface area contributed by atoms with Crippen molar-refractivity contribution in [3.05, 3.63) is 21.5 Å². The summed E-state index contributed by atoms with van der Waals surface area (Å²) in [6, 6.07) is 1.88. The molecule has 90 valence electrons. The Balaban J connectivity index is 2.61. The highest BCUT2D eigenvalue weighted by Gasteiger charge is 2.15. The number of nitrogens with zero attached hydrogens (tertiary/aromatic N) is 4. The molecule has 6 heteroatoms. The van der Waals surface area contributed by atoms with Crippen molar-refractivity contribution in [2.45, 2.75) is 19.8 Å². The first-order valence-electron chi connectivity index (χ1n) is 5.32. The number of aromatic nitrogens is 4. The van der Waals surface area contributed by atoms with Crippen LogP contribution in [0.25, 0.3) is 11.5 Å². The lowest BCUT2D eigenvalue weighted by atomic mass is 10.1. The molecule has 0 amide bonds. The Morgan fingerprint density at radius 3 is 2.59 bits per heavy atom. The van der Waals surface area contributed by atoms with Gasteiger partial charge in [-0.1, -0.05) is 13.8 Å². The van der Waals surface area contributed by atoms with E-state index in [0.717, 1.165) is 15.0 Å². The van der Waals surface area contributed by atoms with Gasteiger partial charge in [-0.25, -0.2) is 9.97 Å². The zero-order valence-electron chi connectivity index (χ0n) is 9.98. The first kappa shape index (κ1) is 12.3. The average Bonchev–Trinajstić information content (AvgIpc) is 2.68. The van der Waals surface area contributed by atoms with Crippen LogP contribution < -0.4 is 5.73 Å². The lowest BCUT2D eigenvalue weighted by molar-refractivity contribution is 0.762. The second-order valence-corrected chi connectivity index (χ2v) is 5.21. The van der Waals surface area contributed by atoms with E-state index in [0.29, 0.717) is 17.6 Å². The number of halogens is 1. The van der Waals surface area contributed by atoms with Crippen molar-refractivity contribution in [2.24, 2.45) is 7.05 Å². The molecule has 0 aromatic carbocycles.